The topological polar surface area (TPSA) is 17.1 Å². The summed E-state index contributed by atoms with van der Waals surface area (Å²) in [5.41, 5.74) is 0.607. The summed E-state index contributed by atoms with van der Waals surface area (Å²) in [6.45, 7) is 5.52. The normalized spacial score (nSPS) is 8.75. The lowest BCUT2D eigenvalue weighted by atomic mass is 10.2. The molecule has 0 bridgehead atoms. The van der Waals surface area contributed by atoms with Gasteiger partial charge in [-0.3, -0.25) is 4.79 Å². The Morgan fingerprint density at radius 1 is 1.75 bits per heavy atom. The number of hydrogen-bond donors (Lipinski definition) is 1. The van der Waals surface area contributed by atoms with Crippen LogP contribution >= 0.6 is 12.6 Å². The third-order valence-electron chi connectivity index (χ3n) is 0.854. The highest BCUT2D eigenvalue weighted by molar-refractivity contribution is 7.97. The van der Waals surface area contributed by atoms with Crippen molar-refractivity contribution in [3.8, 4) is 0 Å². The van der Waals surface area contributed by atoms with Crippen molar-refractivity contribution in [1.29, 1.82) is 0 Å². The van der Waals surface area contributed by atoms with Crippen LogP contribution < -0.4 is 0 Å². The molecule has 0 spiro atoms. The molecule has 0 aliphatic heterocycles. The second-order valence-corrected chi connectivity index (χ2v) is 2.06. The lowest BCUT2D eigenvalue weighted by molar-refractivity contribution is -0.107. The highest BCUT2D eigenvalue weighted by Crippen LogP contribution is 2.03. The molecule has 0 amide bonds. The zero-order chi connectivity index (χ0) is 6.57. The van der Waals surface area contributed by atoms with E-state index in [0.717, 1.165) is 12.8 Å². The maximum Gasteiger partial charge on any atom is 0.211 e. The lowest BCUT2D eigenvalue weighted by Gasteiger charge is -1.92. The first-order valence-electron chi connectivity index (χ1n) is 2.59. The average Bonchev–Trinajstić information content (AvgIpc) is 1.67. The zero-order valence-electron chi connectivity index (χ0n) is 4.98. The molecule has 0 aromatic rings. The molecule has 8 heavy (non-hydrogen) atoms. The Morgan fingerprint density at radius 3 is 2.38 bits per heavy atom. The van der Waals surface area contributed by atoms with Crippen molar-refractivity contribution >= 4 is 17.7 Å². The van der Waals surface area contributed by atoms with Gasteiger partial charge in [0, 0.05) is 0 Å². The van der Waals surface area contributed by atoms with Crippen LogP contribution in [0.4, 0.5) is 0 Å². The summed E-state index contributed by atoms with van der Waals surface area (Å²) in [7, 11) is 0. The summed E-state index contributed by atoms with van der Waals surface area (Å²) in [4.78, 5) is 10.3. The second-order valence-electron chi connectivity index (χ2n) is 1.66. The van der Waals surface area contributed by atoms with Gasteiger partial charge in [-0.2, -0.15) is 0 Å². The summed E-state index contributed by atoms with van der Waals surface area (Å²) >= 11 is 3.59. The number of carbonyl (C=O) groups excluding carboxylic acids is 1. The Labute approximate surface area is 55.2 Å². The second kappa shape index (κ2) is 3.72. The van der Waals surface area contributed by atoms with E-state index in [-0.39, 0.29) is 5.12 Å². The highest BCUT2D eigenvalue weighted by Gasteiger charge is 1.96. The quantitative estimate of drug-likeness (QED) is 0.455. The molecule has 0 aliphatic rings. The molecule has 0 aromatic heterocycles. The van der Waals surface area contributed by atoms with E-state index in [2.05, 4.69) is 19.2 Å². The van der Waals surface area contributed by atoms with E-state index in [1.54, 1.807) is 0 Å². The van der Waals surface area contributed by atoms with Gasteiger partial charge in [0.2, 0.25) is 5.12 Å². The van der Waals surface area contributed by atoms with E-state index < -0.39 is 0 Å². The van der Waals surface area contributed by atoms with Crippen LogP contribution in [0.2, 0.25) is 0 Å². The van der Waals surface area contributed by atoms with Crippen molar-refractivity contribution in [2.75, 3.05) is 0 Å². The van der Waals surface area contributed by atoms with Crippen LogP contribution in [0.1, 0.15) is 19.8 Å². The molecule has 0 unspecified atom stereocenters. The van der Waals surface area contributed by atoms with Crippen molar-refractivity contribution in [1.82, 2.24) is 0 Å². The summed E-state index contributed by atoms with van der Waals surface area (Å²) < 4.78 is 0. The third-order valence-corrected chi connectivity index (χ3v) is 1.17. The molecule has 0 radical (unpaired) electrons. The van der Waals surface area contributed by atoms with Crippen LogP contribution in [-0.4, -0.2) is 5.12 Å². The first kappa shape index (κ1) is 7.76. The molecule has 1 nitrogen and oxygen atoms in total. The van der Waals surface area contributed by atoms with Gasteiger partial charge >= 0.3 is 0 Å². The van der Waals surface area contributed by atoms with Crippen molar-refractivity contribution in [2.24, 2.45) is 0 Å². The van der Waals surface area contributed by atoms with Gasteiger partial charge in [-0.05, 0) is 12.0 Å². The molecular weight excluding hydrogens is 120 g/mol. The largest absolute Gasteiger partial charge is 0.282 e. The molecule has 0 saturated heterocycles. The van der Waals surface area contributed by atoms with Gasteiger partial charge in [0.1, 0.15) is 0 Å². The molecule has 0 rings (SSSR count). The predicted octanol–water partition coefficient (Wildman–Crippen LogP) is 1.80. The number of thiol groups is 1. The molecule has 0 heterocycles. The SMILES string of the molecule is C=C(CCC)C(=O)S. The minimum absolute atomic E-state index is 0.188. The van der Waals surface area contributed by atoms with E-state index in [0.29, 0.717) is 5.57 Å². The molecule has 0 saturated carbocycles. The fourth-order valence-electron chi connectivity index (χ4n) is 0.409. The zero-order valence-corrected chi connectivity index (χ0v) is 5.87. The van der Waals surface area contributed by atoms with Gasteiger partial charge in [-0.15, -0.1) is 12.6 Å². The Balaban J connectivity index is 3.49. The molecule has 46 valence electrons. The minimum Gasteiger partial charge on any atom is -0.282 e. The van der Waals surface area contributed by atoms with Gasteiger partial charge in [0.15, 0.2) is 0 Å². The van der Waals surface area contributed by atoms with Crippen molar-refractivity contribution in [3.05, 3.63) is 12.2 Å². The fraction of sp³-hybridized carbons (Fsp3) is 0.500. The van der Waals surface area contributed by atoms with E-state index >= 15 is 0 Å². The molecule has 2 heteroatoms. The predicted molar refractivity (Wildman–Crippen MR) is 38.0 cm³/mol. The van der Waals surface area contributed by atoms with Gasteiger partial charge in [-0.25, -0.2) is 0 Å². The molecule has 0 N–H and O–H groups in total. The highest BCUT2D eigenvalue weighted by atomic mass is 32.1. The third kappa shape index (κ3) is 2.86. The first-order valence-corrected chi connectivity index (χ1v) is 3.04. The van der Waals surface area contributed by atoms with Crippen LogP contribution in [-0.2, 0) is 4.79 Å². The fourth-order valence-corrected chi connectivity index (χ4v) is 0.521. The number of carbonyl (C=O) groups is 1. The van der Waals surface area contributed by atoms with Crippen LogP contribution in [0.25, 0.3) is 0 Å². The summed E-state index contributed by atoms with van der Waals surface area (Å²) in [6.07, 6.45) is 1.73. The van der Waals surface area contributed by atoms with E-state index in [9.17, 15) is 4.79 Å². The van der Waals surface area contributed by atoms with Gasteiger partial charge in [0.05, 0.1) is 0 Å². The smallest absolute Gasteiger partial charge is 0.211 e. The summed E-state index contributed by atoms with van der Waals surface area (Å²) in [5, 5.41) is -0.188. The molecule has 0 fully saturated rings. The van der Waals surface area contributed by atoms with Crippen LogP contribution in [0, 0.1) is 0 Å². The standard InChI is InChI=1S/C6H10OS/c1-3-4-5(2)6(7)8/h2-4H2,1H3,(H,7,8). The maximum atomic E-state index is 10.3. The average molecular weight is 130 g/mol. The number of rotatable bonds is 3. The Bertz CT molecular complexity index is 107. The van der Waals surface area contributed by atoms with E-state index in [1.807, 2.05) is 6.92 Å². The van der Waals surface area contributed by atoms with Gasteiger partial charge < -0.3 is 0 Å². The lowest BCUT2D eigenvalue weighted by Crippen LogP contribution is -1.89. The summed E-state index contributed by atoms with van der Waals surface area (Å²) in [5.74, 6) is 0. The van der Waals surface area contributed by atoms with E-state index in [1.165, 1.54) is 0 Å². The van der Waals surface area contributed by atoms with Gasteiger partial charge in [-0.1, -0.05) is 19.9 Å². The van der Waals surface area contributed by atoms with Crippen molar-refractivity contribution in [2.45, 2.75) is 19.8 Å². The minimum atomic E-state index is -0.188. The molecule has 0 aromatic carbocycles. The molecular formula is C6H10OS. The van der Waals surface area contributed by atoms with E-state index in [4.69, 9.17) is 0 Å². The maximum absolute atomic E-state index is 10.3. The Morgan fingerprint density at radius 2 is 2.25 bits per heavy atom. The van der Waals surface area contributed by atoms with Crippen molar-refractivity contribution < 1.29 is 4.79 Å². The van der Waals surface area contributed by atoms with Crippen LogP contribution in [0.5, 0.6) is 0 Å². The monoisotopic (exact) mass is 130 g/mol. The summed E-state index contributed by atoms with van der Waals surface area (Å²) in [6, 6.07) is 0. The first-order chi connectivity index (χ1) is 3.68. The Hall–Kier alpha value is -0.240. The van der Waals surface area contributed by atoms with Crippen LogP contribution in [0.15, 0.2) is 12.2 Å². The van der Waals surface area contributed by atoms with Crippen LogP contribution in [0.3, 0.4) is 0 Å². The molecule has 0 atom stereocenters. The number of hydrogen-bond acceptors (Lipinski definition) is 1. The van der Waals surface area contributed by atoms with Crippen molar-refractivity contribution in [3.63, 3.8) is 0 Å². The van der Waals surface area contributed by atoms with Gasteiger partial charge in [0.25, 0.3) is 0 Å². The molecule has 0 aliphatic carbocycles. The Kier molecular flexibility index (Phi) is 3.61.